The highest BCUT2D eigenvalue weighted by Crippen LogP contribution is 2.18. The molecule has 6 heteroatoms. The monoisotopic (exact) mass is 352 g/mol. The smallest absolute Gasteiger partial charge is 0.289 e. The first-order valence-corrected chi connectivity index (χ1v) is 8.93. The molecule has 4 rings (SSSR count). The largest absolute Gasteiger partial charge is 0.459 e. The van der Waals surface area contributed by atoms with Gasteiger partial charge in [0.2, 0.25) is 5.78 Å². The lowest BCUT2D eigenvalue weighted by atomic mass is 10.0. The van der Waals surface area contributed by atoms with Crippen LogP contribution in [0.3, 0.4) is 0 Å². The highest BCUT2D eigenvalue weighted by atomic mass is 16.3. The Labute approximate surface area is 151 Å². The number of hydrogen-bond donors (Lipinski definition) is 2. The minimum absolute atomic E-state index is 0.0790. The molecule has 0 saturated carbocycles. The van der Waals surface area contributed by atoms with E-state index in [0.29, 0.717) is 18.8 Å². The number of aromatic nitrogens is 1. The minimum Gasteiger partial charge on any atom is -0.459 e. The number of aromatic amines is 1. The molecule has 2 N–H and O–H groups in total. The van der Waals surface area contributed by atoms with Crippen LogP contribution >= 0.6 is 0 Å². The van der Waals surface area contributed by atoms with Gasteiger partial charge in [-0.3, -0.25) is 9.59 Å². The van der Waals surface area contributed by atoms with Gasteiger partial charge in [-0.2, -0.15) is 0 Å². The molecule has 1 atom stereocenters. The van der Waals surface area contributed by atoms with Gasteiger partial charge in [-0.05, 0) is 25.1 Å². The topological polar surface area (TPSA) is 70.8 Å². The third-order valence-corrected chi connectivity index (χ3v) is 5.29. The molecule has 26 heavy (non-hydrogen) atoms. The van der Waals surface area contributed by atoms with Crippen molar-refractivity contribution in [3.63, 3.8) is 0 Å². The Bertz CT molecular complexity index is 921. The number of fused-ring (bicyclic) bond motifs is 1. The number of piperazine rings is 1. The van der Waals surface area contributed by atoms with Gasteiger partial charge in [-0.1, -0.05) is 18.2 Å². The number of furan rings is 1. The van der Waals surface area contributed by atoms with Gasteiger partial charge in [0.15, 0.2) is 5.76 Å². The average molecular weight is 352 g/mol. The molecule has 0 unspecified atom stereocenters. The number of carbonyl (C=O) groups is 2. The average Bonchev–Trinajstić information content (AvgIpc) is 3.36. The van der Waals surface area contributed by atoms with Gasteiger partial charge < -0.3 is 19.2 Å². The molecule has 0 aliphatic carbocycles. The van der Waals surface area contributed by atoms with Crippen molar-refractivity contribution in [1.82, 2.24) is 9.88 Å². The van der Waals surface area contributed by atoms with E-state index in [1.807, 2.05) is 31.2 Å². The van der Waals surface area contributed by atoms with Crippen molar-refractivity contribution in [2.45, 2.75) is 13.0 Å². The predicted octanol–water partition coefficient (Wildman–Crippen LogP) is 1.37. The van der Waals surface area contributed by atoms with Gasteiger partial charge in [0.25, 0.3) is 5.91 Å². The van der Waals surface area contributed by atoms with E-state index in [9.17, 15) is 9.59 Å². The molecule has 3 aromatic rings. The SMILES string of the molecule is C[C@@H](C(=O)c1c[nH]c2ccccc12)[NH+]1CCN(C(=O)c2ccco2)CC1. The van der Waals surface area contributed by atoms with Crippen LogP contribution in [0.1, 0.15) is 27.8 Å². The first-order chi connectivity index (χ1) is 12.6. The van der Waals surface area contributed by atoms with Crippen LogP contribution in [0.5, 0.6) is 0 Å². The van der Waals surface area contributed by atoms with Crippen LogP contribution in [0, 0.1) is 0 Å². The molecule has 1 amide bonds. The second kappa shape index (κ2) is 6.80. The van der Waals surface area contributed by atoms with Crippen molar-refractivity contribution in [2.75, 3.05) is 26.2 Å². The molecule has 3 heterocycles. The summed E-state index contributed by atoms with van der Waals surface area (Å²) >= 11 is 0. The third-order valence-electron chi connectivity index (χ3n) is 5.29. The second-order valence-corrected chi connectivity index (χ2v) is 6.76. The first-order valence-electron chi connectivity index (χ1n) is 8.93. The summed E-state index contributed by atoms with van der Waals surface area (Å²) in [6, 6.07) is 11.1. The van der Waals surface area contributed by atoms with E-state index in [-0.39, 0.29) is 17.7 Å². The van der Waals surface area contributed by atoms with Crippen molar-refractivity contribution in [2.24, 2.45) is 0 Å². The van der Waals surface area contributed by atoms with Gasteiger partial charge in [-0.15, -0.1) is 0 Å². The number of quaternary nitrogens is 1. The molecule has 1 fully saturated rings. The van der Waals surface area contributed by atoms with Crippen molar-refractivity contribution in [1.29, 1.82) is 0 Å². The quantitative estimate of drug-likeness (QED) is 0.697. The van der Waals surface area contributed by atoms with Crippen molar-refractivity contribution < 1.29 is 18.9 Å². The standard InChI is InChI=1S/C20H21N3O3/c1-14(19(24)16-13-21-17-6-3-2-5-15(16)17)22-8-10-23(11-9-22)20(25)18-7-4-12-26-18/h2-7,12-14,21H,8-11H2,1H3/p+1/t14-/m0/s1. The number of nitrogens with zero attached hydrogens (tertiary/aromatic N) is 1. The number of hydrogen-bond acceptors (Lipinski definition) is 3. The fraction of sp³-hybridized carbons (Fsp3) is 0.300. The van der Waals surface area contributed by atoms with E-state index >= 15 is 0 Å². The van der Waals surface area contributed by atoms with Gasteiger partial charge in [0, 0.05) is 22.7 Å². The van der Waals surface area contributed by atoms with Gasteiger partial charge in [-0.25, -0.2) is 0 Å². The Morgan fingerprint density at radius 1 is 1.15 bits per heavy atom. The second-order valence-electron chi connectivity index (χ2n) is 6.76. The Morgan fingerprint density at radius 3 is 2.65 bits per heavy atom. The molecule has 0 spiro atoms. The van der Waals surface area contributed by atoms with E-state index in [4.69, 9.17) is 4.42 Å². The highest BCUT2D eigenvalue weighted by molar-refractivity contribution is 6.09. The van der Waals surface area contributed by atoms with E-state index in [1.165, 1.54) is 11.2 Å². The van der Waals surface area contributed by atoms with Crippen LogP contribution in [0.4, 0.5) is 0 Å². The lowest BCUT2D eigenvalue weighted by Crippen LogP contribution is -3.18. The molecular weight excluding hydrogens is 330 g/mol. The molecule has 1 aliphatic rings. The maximum absolute atomic E-state index is 13.0. The number of rotatable bonds is 4. The zero-order chi connectivity index (χ0) is 18.1. The van der Waals surface area contributed by atoms with Crippen LogP contribution in [0.2, 0.25) is 0 Å². The van der Waals surface area contributed by atoms with Gasteiger partial charge >= 0.3 is 0 Å². The Hall–Kier alpha value is -2.86. The summed E-state index contributed by atoms with van der Waals surface area (Å²) in [4.78, 5) is 31.5. The Balaban J connectivity index is 1.42. The summed E-state index contributed by atoms with van der Waals surface area (Å²) in [5, 5.41) is 0.968. The number of Topliss-reactive ketones (excluding diaryl/α,β-unsaturated/α-hetero) is 1. The maximum atomic E-state index is 13.0. The summed E-state index contributed by atoms with van der Waals surface area (Å²) in [5.41, 5.74) is 1.72. The van der Waals surface area contributed by atoms with E-state index < -0.39 is 0 Å². The lowest BCUT2D eigenvalue weighted by Gasteiger charge is -2.34. The molecule has 0 radical (unpaired) electrons. The Kier molecular flexibility index (Phi) is 4.34. The molecule has 1 aliphatic heterocycles. The number of H-pyrrole nitrogens is 1. The normalized spacial score (nSPS) is 16.7. The van der Waals surface area contributed by atoms with Crippen molar-refractivity contribution in [3.05, 3.63) is 60.2 Å². The number of nitrogens with one attached hydrogen (secondary N) is 2. The van der Waals surface area contributed by atoms with Crippen LogP contribution in [0.25, 0.3) is 10.9 Å². The predicted molar refractivity (Wildman–Crippen MR) is 97.4 cm³/mol. The maximum Gasteiger partial charge on any atom is 0.289 e. The fourth-order valence-corrected chi connectivity index (χ4v) is 3.68. The molecule has 1 aromatic carbocycles. The number of ketones is 1. The van der Waals surface area contributed by atoms with Crippen LogP contribution in [0.15, 0.2) is 53.3 Å². The van der Waals surface area contributed by atoms with Crippen LogP contribution < -0.4 is 4.90 Å². The van der Waals surface area contributed by atoms with Gasteiger partial charge in [0.1, 0.15) is 6.04 Å². The molecular formula is C20H22N3O3+. The van der Waals surface area contributed by atoms with Crippen molar-refractivity contribution in [3.8, 4) is 0 Å². The van der Waals surface area contributed by atoms with Crippen LogP contribution in [-0.4, -0.2) is 53.8 Å². The zero-order valence-corrected chi connectivity index (χ0v) is 14.7. The first kappa shape index (κ1) is 16.6. The molecule has 0 bridgehead atoms. The fourth-order valence-electron chi connectivity index (χ4n) is 3.68. The van der Waals surface area contributed by atoms with Crippen LogP contribution in [-0.2, 0) is 0 Å². The molecule has 134 valence electrons. The third kappa shape index (κ3) is 2.93. The summed E-state index contributed by atoms with van der Waals surface area (Å²) in [6.45, 7) is 4.73. The molecule has 1 saturated heterocycles. The highest BCUT2D eigenvalue weighted by Gasteiger charge is 2.32. The number of para-hydroxylation sites is 1. The minimum atomic E-state index is -0.143. The number of amides is 1. The summed E-state index contributed by atoms with van der Waals surface area (Å²) in [7, 11) is 0. The van der Waals surface area contributed by atoms with E-state index in [1.54, 1.807) is 23.2 Å². The van der Waals surface area contributed by atoms with E-state index in [0.717, 1.165) is 29.6 Å². The van der Waals surface area contributed by atoms with Crippen molar-refractivity contribution >= 4 is 22.6 Å². The lowest BCUT2D eigenvalue weighted by molar-refractivity contribution is -0.917. The molecule has 2 aromatic heterocycles. The van der Waals surface area contributed by atoms with E-state index in [2.05, 4.69) is 4.98 Å². The summed E-state index contributed by atoms with van der Waals surface area (Å²) < 4.78 is 5.20. The summed E-state index contributed by atoms with van der Waals surface area (Å²) in [6.07, 6.45) is 3.32. The zero-order valence-electron chi connectivity index (χ0n) is 14.7. The molecule has 6 nitrogen and oxygen atoms in total. The number of benzene rings is 1. The Morgan fingerprint density at radius 2 is 1.92 bits per heavy atom. The summed E-state index contributed by atoms with van der Waals surface area (Å²) in [5.74, 6) is 0.435. The van der Waals surface area contributed by atoms with Gasteiger partial charge in [0.05, 0.1) is 32.4 Å². The number of carbonyl (C=O) groups excluding carboxylic acids is 2.